The lowest BCUT2D eigenvalue weighted by molar-refractivity contribution is 0.250. The van der Waals surface area contributed by atoms with E-state index in [4.69, 9.17) is 0 Å². The second kappa shape index (κ2) is 4.56. The van der Waals surface area contributed by atoms with Crippen LogP contribution in [0.2, 0.25) is 0 Å². The number of amides is 2. The Bertz CT molecular complexity index is 627. The lowest BCUT2D eigenvalue weighted by Crippen LogP contribution is -2.34. The van der Waals surface area contributed by atoms with Crippen molar-refractivity contribution in [3.63, 3.8) is 0 Å². The van der Waals surface area contributed by atoms with Gasteiger partial charge < -0.3 is 10.6 Å². The molecule has 0 fully saturated rings. The molecule has 0 bridgehead atoms. The maximum Gasteiger partial charge on any atom is 0.320 e. The van der Waals surface area contributed by atoms with Gasteiger partial charge in [0.05, 0.1) is 6.54 Å². The highest BCUT2D eigenvalue weighted by molar-refractivity contribution is 5.92. The predicted octanol–water partition coefficient (Wildman–Crippen LogP) is 2.60. The molecule has 5 nitrogen and oxygen atoms in total. The number of halogens is 1. The third kappa shape index (κ3) is 2.33. The summed E-state index contributed by atoms with van der Waals surface area (Å²) in [6, 6.07) is 7.61. The third-order valence-electron chi connectivity index (χ3n) is 2.84. The lowest BCUT2D eigenvalue weighted by Gasteiger charge is -2.20. The molecule has 3 N–H and O–H groups in total. The van der Waals surface area contributed by atoms with Gasteiger partial charge in [0.25, 0.3) is 0 Å². The Morgan fingerprint density at radius 3 is 2.79 bits per heavy atom. The molecule has 19 heavy (non-hydrogen) atoms. The zero-order valence-electron chi connectivity index (χ0n) is 9.90. The number of urea groups is 1. The maximum atomic E-state index is 12.8. The summed E-state index contributed by atoms with van der Waals surface area (Å²) < 4.78 is 12.8. The van der Waals surface area contributed by atoms with Crippen molar-refractivity contribution in [3.8, 4) is 0 Å². The first-order valence-electron chi connectivity index (χ1n) is 5.78. The summed E-state index contributed by atoms with van der Waals surface area (Å²) in [5.74, 6) is 0.257. The van der Waals surface area contributed by atoms with Gasteiger partial charge in [-0.3, -0.25) is 5.32 Å². The van der Waals surface area contributed by atoms with Crippen LogP contribution in [0.5, 0.6) is 0 Å². The van der Waals surface area contributed by atoms with Gasteiger partial charge in [0.2, 0.25) is 0 Å². The molecule has 0 radical (unpaired) electrons. The van der Waals surface area contributed by atoms with Crippen LogP contribution in [-0.4, -0.2) is 11.0 Å². The van der Waals surface area contributed by atoms with Crippen LogP contribution in [0.15, 0.2) is 36.5 Å². The maximum absolute atomic E-state index is 12.8. The van der Waals surface area contributed by atoms with Crippen molar-refractivity contribution in [2.24, 2.45) is 0 Å². The topological polar surface area (TPSA) is 66.0 Å². The van der Waals surface area contributed by atoms with Gasteiger partial charge in [0.15, 0.2) is 0 Å². The van der Waals surface area contributed by atoms with Crippen molar-refractivity contribution in [1.29, 1.82) is 0 Å². The molecule has 6 heteroatoms. The Hall–Kier alpha value is -2.63. The second-order valence-electron chi connectivity index (χ2n) is 4.13. The number of pyridine rings is 1. The normalized spacial score (nSPS) is 13.2. The Morgan fingerprint density at radius 2 is 2.00 bits per heavy atom. The van der Waals surface area contributed by atoms with Crippen molar-refractivity contribution in [1.82, 2.24) is 10.3 Å². The fourth-order valence-corrected chi connectivity index (χ4v) is 1.91. The van der Waals surface area contributed by atoms with Crippen molar-refractivity contribution in [2.75, 3.05) is 10.6 Å². The number of hydrogen-bond donors (Lipinski definition) is 3. The molecule has 0 saturated carbocycles. The number of carbonyl (C=O) groups is 1. The summed E-state index contributed by atoms with van der Waals surface area (Å²) in [7, 11) is 0. The van der Waals surface area contributed by atoms with E-state index in [1.54, 1.807) is 24.4 Å². The standard InChI is InChI=1S/C13H11FN4O/c14-8-1-3-9(4-2-8)17-11-5-6-15-12-10(11)7-16-13(19)18-12/h1-6H,7H2,(H3,15,16,17,18,19). The van der Waals surface area contributed by atoms with Gasteiger partial charge in [-0.15, -0.1) is 0 Å². The molecular formula is C13H11FN4O. The third-order valence-corrected chi connectivity index (χ3v) is 2.84. The first-order chi connectivity index (χ1) is 9.22. The van der Waals surface area contributed by atoms with Gasteiger partial charge in [0.1, 0.15) is 11.6 Å². The molecule has 1 aliphatic heterocycles. The average Bonchev–Trinajstić information content (AvgIpc) is 2.41. The number of benzene rings is 1. The Labute approximate surface area is 108 Å². The number of nitrogens with one attached hydrogen (secondary N) is 3. The lowest BCUT2D eigenvalue weighted by atomic mass is 10.1. The van der Waals surface area contributed by atoms with E-state index >= 15 is 0 Å². The smallest absolute Gasteiger partial charge is 0.320 e. The molecule has 0 saturated heterocycles. The molecule has 96 valence electrons. The first kappa shape index (κ1) is 11.5. The van der Waals surface area contributed by atoms with Crippen molar-refractivity contribution < 1.29 is 9.18 Å². The molecule has 0 atom stereocenters. The van der Waals surface area contributed by atoms with Gasteiger partial charge >= 0.3 is 6.03 Å². The number of carbonyl (C=O) groups excluding carboxylic acids is 1. The zero-order chi connectivity index (χ0) is 13.2. The monoisotopic (exact) mass is 258 g/mol. The average molecular weight is 258 g/mol. The van der Waals surface area contributed by atoms with Crippen molar-refractivity contribution in [2.45, 2.75) is 6.54 Å². The van der Waals surface area contributed by atoms with E-state index in [9.17, 15) is 9.18 Å². The number of anilines is 3. The summed E-state index contributed by atoms with van der Waals surface area (Å²) >= 11 is 0. The van der Waals surface area contributed by atoms with Crippen molar-refractivity contribution in [3.05, 3.63) is 47.9 Å². The van der Waals surface area contributed by atoms with Crippen molar-refractivity contribution >= 4 is 23.2 Å². The Balaban J connectivity index is 1.91. The van der Waals surface area contributed by atoms with E-state index in [1.165, 1.54) is 12.1 Å². The van der Waals surface area contributed by atoms with Gasteiger partial charge in [-0.05, 0) is 30.3 Å². The van der Waals surface area contributed by atoms with Gasteiger partial charge in [0, 0.05) is 23.1 Å². The summed E-state index contributed by atoms with van der Waals surface area (Å²) in [5.41, 5.74) is 2.46. The number of hydrogen-bond acceptors (Lipinski definition) is 3. The molecule has 0 spiro atoms. The number of nitrogens with zero attached hydrogens (tertiary/aromatic N) is 1. The van der Waals surface area contributed by atoms with Crippen LogP contribution in [0.1, 0.15) is 5.56 Å². The summed E-state index contributed by atoms with van der Waals surface area (Å²) in [4.78, 5) is 15.3. The molecule has 2 amide bonds. The molecule has 0 unspecified atom stereocenters. The van der Waals surface area contributed by atoms with Crippen LogP contribution < -0.4 is 16.0 Å². The Kier molecular flexibility index (Phi) is 2.75. The number of rotatable bonds is 2. The van der Waals surface area contributed by atoms with Crippen LogP contribution >= 0.6 is 0 Å². The Morgan fingerprint density at radius 1 is 1.21 bits per heavy atom. The zero-order valence-corrected chi connectivity index (χ0v) is 9.90. The quantitative estimate of drug-likeness (QED) is 0.775. The molecule has 1 aromatic heterocycles. The largest absolute Gasteiger partial charge is 0.355 e. The van der Waals surface area contributed by atoms with Crippen LogP contribution in [0.25, 0.3) is 0 Å². The second-order valence-corrected chi connectivity index (χ2v) is 4.13. The van der Waals surface area contributed by atoms with E-state index in [0.717, 1.165) is 16.9 Å². The van der Waals surface area contributed by atoms with Crippen LogP contribution in [0, 0.1) is 5.82 Å². The number of fused-ring (bicyclic) bond motifs is 1. The molecule has 0 aliphatic carbocycles. The van der Waals surface area contributed by atoms with E-state index in [2.05, 4.69) is 20.9 Å². The van der Waals surface area contributed by atoms with Gasteiger partial charge in [-0.25, -0.2) is 14.2 Å². The van der Waals surface area contributed by atoms with Gasteiger partial charge in [-0.1, -0.05) is 0 Å². The minimum absolute atomic E-state index is 0.265. The summed E-state index contributed by atoms with van der Waals surface area (Å²) in [6.45, 7) is 0.401. The predicted molar refractivity (Wildman–Crippen MR) is 69.8 cm³/mol. The van der Waals surface area contributed by atoms with E-state index in [1.807, 2.05) is 0 Å². The molecule has 3 rings (SSSR count). The molecule has 1 aliphatic rings. The summed E-state index contributed by atoms with van der Waals surface area (Å²) in [6.07, 6.45) is 1.61. The highest BCUT2D eigenvalue weighted by Gasteiger charge is 2.17. The molecule has 1 aromatic carbocycles. The van der Waals surface area contributed by atoms with E-state index in [0.29, 0.717) is 12.4 Å². The van der Waals surface area contributed by atoms with Gasteiger partial charge in [-0.2, -0.15) is 0 Å². The molecule has 2 aromatic rings. The van der Waals surface area contributed by atoms with Crippen LogP contribution in [0.4, 0.5) is 26.4 Å². The fraction of sp³-hybridized carbons (Fsp3) is 0.0769. The number of aromatic nitrogens is 1. The minimum atomic E-state index is -0.281. The summed E-state index contributed by atoms with van der Waals surface area (Å²) in [5, 5.41) is 8.49. The fourth-order valence-electron chi connectivity index (χ4n) is 1.91. The molecule has 2 heterocycles. The van der Waals surface area contributed by atoms with Crippen LogP contribution in [-0.2, 0) is 6.54 Å². The highest BCUT2D eigenvalue weighted by atomic mass is 19.1. The van der Waals surface area contributed by atoms with E-state index < -0.39 is 0 Å². The van der Waals surface area contributed by atoms with Crippen LogP contribution in [0.3, 0.4) is 0 Å². The highest BCUT2D eigenvalue weighted by Crippen LogP contribution is 2.27. The molecular weight excluding hydrogens is 247 g/mol. The SMILES string of the molecule is O=C1NCc2c(Nc3ccc(F)cc3)ccnc2N1. The van der Waals surface area contributed by atoms with E-state index in [-0.39, 0.29) is 11.8 Å². The first-order valence-corrected chi connectivity index (χ1v) is 5.78. The minimum Gasteiger partial charge on any atom is -0.355 e.